The van der Waals surface area contributed by atoms with Crippen LogP contribution in [-0.2, 0) is 4.79 Å². The van der Waals surface area contributed by atoms with Gasteiger partial charge in [-0.15, -0.1) is 5.10 Å². The molecule has 3 aromatic heterocycles. The zero-order chi connectivity index (χ0) is 17.4. The Balaban J connectivity index is 1.89. The number of primary amides is 1. The number of anilines is 1. The number of hydrogen-bond donors (Lipinski definition) is 2. The molecule has 1 unspecified atom stereocenters. The first-order valence-corrected chi connectivity index (χ1v) is 7.69. The van der Waals surface area contributed by atoms with Gasteiger partial charge in [-0.05, 0) is 36.8 Å². The Morgan fingerprint density at radius 2 is 1.76 bits per heavy atom. The zero-order valence-corrected chi connectivity index (χ0v) is 13.4. The average molecular weight is 333 g/mol. The van der Waals surface area contributed by atoms with Crippen LogP contribution in [0.3, 0.4) is 0 Å². The number of allylic oxidation sites excluding steroid dienone is 1. The first kappa shape index (κ1) is 15.0. The van der Waals surface area contributed by atoms with Crippen LogP contribution in [0.4, 0.5) is 5.95 Å². The van der Waals surface area contributed by atoms with Crippen molar-refractivity contribution in [3.8, 4) is 11.4 Å². The van der Waals surface area contributed by atoms with Gasteiger partial charge < -0.3 is 11.1 Å². The van der Waals surface area contributed by atoms with Gasteiger partial charge in [0, 0.05) is 36.0 Å². The van der Waals surface area contributed by atoms with Gasteiger partial charge in [0.1, 0.15) is 6.04 Å². The molecule has 0 spiro atoms. The number of nitrogens with one attached hydrogen (secondary N) is 1. The van der Waals surface area contributed by atoms with Crippen molar-refractivity contribution in [2.75, 3.05) is 5.32 Å². The van der Waals surface area contributed by atoms with Gasteiger partial charge in [0.25, 0.3) is 0 Å². The standard InChI is InChI=1S/C17H15N7O/c1-10-13(15(18)25)14(11-2-6-19-7-3-11)24-17(21-10)22-16(23-24)12-4-8-20-9-5-12/h2-9,14H,1H3,(H2,18,25)(H,21,22,23). The minimum Gasteiger partial charge on any atom is -0.366 e. The summed E-state index contributed by atoms with van der Waals surface area (Å²) in [6.07, 6.45) is 6.71. The average Bonchev–Trinajstić information content (AvgIpc) is 3.05. The number of carbonyl (C=O) groups is 1. The van der Waals surface area contributed by atoms with E-state index in [1.54, 1.807) is 36.4 Å². The maximum Gasteiger partial charge on any atom is 0.248 e. The molecule has 1 aliphatic heterocycles. The summed E-state index contributed by atoms with van der Waals surface area (Å²) in [5, 5.41) is 7.72. The lowest BCUT2D eigenvalue weighted by molar-refractivity contribution is -0.115. The molecule has 25 heavy (non-hydrogen) atoms. The van der Waals surface area contributed by atoms with Crippen molar-refractivity contribution in [1.29, 1.82) is 0 Å². The molecule has 0 radical (unpaired) electrons. The molecule has 4 rings (SSSR count). The summed E-state index contributed by atoms with van der Waals surface area (Å²) >= 11 is 0. The summed E-state index contributed by atoms with van der Waals surface area (Å²) in [6, 6.07) is 6.88. The zero-order valence-electron chi connectivity index (χ0n) is 13.4. The third kappa shape index (κ3) is 2.53. The summed E-state index contributed by atoms with van der Waals surface area (Å²) in [6.45, 7) is 1.80. The SMILES string of the molecule is CC1=C(C(N)=O)C(c2ccncc2)n2nc(-c3ccncc3)nc2N1. The van der Waals surface area contributed by atoms with Crippen LogP contribution < -0.4 is 11.1 Å². The van der Waals surface area contributed by atoms with Gasteiger partial charge in [-0.3, -0.25) is 14.8 Å². The molecule has 3 N–H and O–H groups in total. The summed E-state index contributed by atoms with van der Waals surface area (Å²) < 4.78 is 1.68. The maximum atomic E-state index is 12.1. The topological polar surface area (TPSA) is 112 Å². The number of aromatic nitrogens is 5. The first-order valence-electron chi connectivity index (χ1n) is 7.69. The van der Waals surface area contributed by atoms with Crippen LogP contribution in [0.2, 0.25) is 0 Å². The van der Waals surface area contributed by atoms with Crippen molar-refractivity contribution in [3.05, 3.63) is 65.9 Å². The van der Waals surface area contributed by atoms with Gasteiger partial charge in [0.05, 0.1) is 5.57 Å². The number of carbonyl (C=O) groups excluding carboxylic acids is 1. The smallest absolute Gasteiger partial charge is 0.248 e. The van der Waals surface area contributed by atoms with Crippen molar-refractivity contribution in [2.45, 2.75) is 13.0 Å². The molecule has 0 fully saturated rings. The Kier molecular flexibility index (Phi) is 3.50. The van der Waals surface area contributed by atoms with Crippen LogP contribution in [-0.4, -0.2) is 30.6 Å². The quantitative estimate of drug-likeness (QED) is 0.751. The molecule has 0 aliphatic carbocycles. The van der Waals surface area contributed by atoms with E-state index in [0.29, 0.717) is 23.0 Å². The van der Waals surface area contributed by atoms with Crippen molar-refractivity contribution >= 4 is 11.9 Å². The molecule has 0 saturated heterocycles. The van der Waals surface area contributed by atoms with Crippen molar-refractivity contribution < 1.29 is 4.79 Å². The van der Waals surface area contributed by atoms with E-state index in [9.17, 15) is 4.79 Å². The normalized spacial score (nSPS) is 16.3. The lowest BCUT2D eigenvalue weighted by atomic mass is 9.96. The molecular weight excluding hydrogens is 318 g/mol. The molecule has 1 aliphatic rings. The molecule has 3 aromatic rings. The molecule has 4 heterocycles. The van der Waals surface area contributed by atoms with E-state index < -0.39 is 11.9 Å². The molecule has 0 bridgehead atoms. The number of nitrogens with zero attached hydrogens (tertiary/aromatic N) is 5. The number of pyridine rings is 2. The number of nitrogens with two attached hydrogens (primary N) is 1. The summed E-state index contributed by atoms with van der Waals surface area (Å²) in [5.41, 5.74) is 8.45. The lowest BCUT2D eigenvalue weighted by Crippen LogP contribution is -2.31. The van der Waals surface area contributed by atoms with E-state index in [-0.39, 0.29) is 0 Å². The molecule has 0 aromatic carbocycles. The van der Waals surface area contributed by atoms with Crippen molar-refractivity contribution in [1.82, 2.24) is 24.7 Å². The van der Waals surface area contributed by atoms with E-state index >= 15 is 0 Å². The highest BCUT2D eigenvalue weighted by Crippen LogP contribution is 2.35. The van der Waals surface area contributed by atoms with Crippen LogP contribution in [0, 0.1) is 0 Å². The van der Waals surface area contributed by atoms with Crippen LogP contribution in [0.25, 0.3) is 11.4 Å². The minimum absolute atomic E-state index is 0.449. The first-order chi connectivity index (χ1) is 12.1. The number of hydrogen-bond acceptors (Lipinski definition) is 6. The van der Waals surface area contributed by atoms with E-state index in [0.717, 1.165) is 11.1 Å². The Hall–Kier alpha value is -3.55. The minimum atomic E-state index is -0.501. The molecule has 0 saturated carbocycles. The van der Waals surface area contributed by atoms with E-state index in [2.05, 4.69) is 25.4 Å². The summed E-state index contributed by atoms with van der Waals surface area (Å²) in [5.74, 6) is 0.594. The van der Waals surface area contributed by atoms with Crippen LogP contribution in [0.15, 0.2) is 60.3 Å². The van der Waals surface area contributed by atoms with Gasteiger partial charge in [-0.25, -0.2) is 4.68 Å². The van der Waals surface area contributed by atoms with Crippen molar-refractivity contribution in [3.63, 3.8) is 0 Å². The number of rotatable bonds is 3. The second kappa shape index (κ2) is 5.82. The second-order valence-electron chi connectivity index (χ2n) is 5.65. The largest absolute Gasteiger partial charge is 0.366 e. The summed E-state index contributed by atoms with van der Waals surface area (Å²) in [4.78, 5) is 24.7. The van der Waals surface area contributed by atoms with E-state index in [4.69, 9.17) is 5.73 Å². The molecular formula is C17H15N7O. The van der Waals surface area contributed by atoms with Crippen LogP contribution in [0.5, 0.6) is 0 Å². The van der Waals surface area contributed by atoms with Crippen LogP contribution in [0.1, 0.15) is 18.5 Å². The number of fused-ring (bicyclic) bond motifs is 1. The molecule has 124 valence electrons. The molecule has 1 atom stereocenters. The second-order valence-corrected chi connectivity index (χ2v) is 5.65. The molecule has 1 amide bonds. The highest BCUT2D eigenvalue weighted by molar-refractivity contribution is 5.95. The Morgan fingerprint density at radius 1 is 1.12 bits per heavy atom. The van der Waals surface area contributed by atoms with Gasteiger partial charge in [-0.1, -0.05) is 0 Å². The maximum absolute atomic E-state index is 12.1. The predicted octanol–water partition coefficient (Wildman–Crippen LogP) is 1.51. The Labute approximate surface area is 143 Å². The van der Waals surface area contributed by atoms with Gasteiger partial charge in [0.15, 0.2) is 5.82 Å². The van der Waals surface area contributed by atoms with Gasteiger partial charge >= 0.3 is 0 Å². The number of amides is 1. The van der Waals surface area contributed by atoms with Crippen molar-refractivity contribution in [2.24, 2.45) is 5.73 Å². The highest BCUT2D eigenvalue weighted by Gasteiger charge is 2.33. The third-order valence-corrected chi connectivity index (χ3v) is 4.08. The summed E-state index contributed by atoms with van der Waals surface area (Å²) in [7, 11) is 0. The van der Waals surface area contributed by atoms with Crippen LogP contribution >= 0.6 is 0 Å². The predicted molar refractivity (Wildman–Crippen MR) is 91.1 cm³/mol. The fraction of sp³-hybridized carbons (Fsp3) is 0.118. The van der Waals surface area contributed by atoms with Gasteiger partial charge in [-0.2, -0.15) is 4.98 Å². The Bertz CT molecular complexity index is 963. The molecule has 8 heteroatoms. The third-order valence-electron chi connectivity index (χ3n) is 4.08. The fourth-order valence-corrected chi connectivity index (χ4v) is 2.95. The van der Waals surface area contributed by atoms with E-state index in [1.165, 1.54) is 0 Å². The van der Waals surface area contributed by atoms with Gasteiger partial charge in [0.2, 0.25) is 11.9 Å². The lowest BCUT2D eigenvalue weighted by Gasteiger charge is -2.27. The highest BCUT2D eigenvalue weighted by atomic mass is 16.1. The fourth-order valence-electron chi connectivity index (χ4n) is 2.95. The Morgan fingerprint density at radius 3 is 2.40 bits per heavy atom. The molecule has 8 nitrogen and oxygen atoms in total. The monoisotopic (exact) mass is 333 g/mol. The van der Waals surface area contributed by atoms with E-state index in [1.807, 2.05) is 24.3 Å².